The fraction of sp³-hybridized carbons (Fsp3) is 1.00. The third kappa shape index (κ3) is 4.87. The molecule has 1 heterocycles. The van der Waals surface area contributed by atoms with E-state index in [2.05, 4.69) is 10.2 Å². The Kier molecular flexibility index (Phi) is 6.46. The summed E-state index contributed by atoms with van der Waals surface area (Å²) in [5, 5.41) is 12.4. The van der Waals surface area contributed by atoms with Gasteiger partial charge in [0.1, 0.15) is 0 Å². The second-order valence-electron chi connectivity index (χ2n) is 6.13. The molecule has 2 aliphatic rings. The Morgan fingerprint density at radius 3 is 2.67 bits per heavy atom. The summed E-state index contributed by atoms with van der Waals surface area (Å²) in [6.07, 6.45) is 10.8. The Bertz CT molecular complexity index is 217. The van der Waals surface area contributed by atoms with Gasteiger partial charge < -0.3 is 15.3 Å². The van der Waals surface area contributed by atoms with Crippen LogP contribution < -0.4 is 5.32 Å². The third-order valence-electron chi connectivity index (χ3n) is 4.51. The lowest BCUT2D eigenvalue weighted by molar-refractivity contribution is 0.149. The van der Waals surface area contributed by atoms with Gasteiger partial charge in [0.2, 0.25) is 0 Å². The summed E-state index contributed by atoms with van der Waals surface area (Å²) in [5.41, 5.74) is 0. The number of piperidine rings is 1. The number of rotatable bonds is 6. The first kappa shape index (κ1) is 14.3. The molecule has 0 radical (unpaired) electrons. The first-order valence-electron chi connectivity index (χ1n) is 7.95. The molecule has 106 valence electrons. The van der Waals surface area contributed by atoms with Gasteiger partial charge in [0.25, 0.3) is 0 Å². The van der Waals surface area contributed by atoms with Crippen molar-refractivity contribution in [3.05, 3.63) is 0 Å². The molecular formula is C15H30N2O. The van der Waals surface area contributed by atoms with E-state index in [-0.39, 0.29) is 0 Å². The van der Waals surface area contributed by atoms with Crippen molar-refractivity contribution in [3.8, 4) is 0 Å². The number of aliphatic hydroxyl groups is 1. The van der Waals surface area contributed by atoms with Crippen LogP contribution in [0.4, 0.5) is 0 Å². The topological polar surface area (TPSA) is 35.5 Å². The van der Waals surface area contributed by atoms with Crippen molar-refractivity contribution in [2.75, 3.05) is 32.8 Å². The summed E-state index contributed by atoms with van der Waals surface area (Å²) in [4.78, 5) is 2.68. The molecule has 0 aromatic heterocycles. The van der Waals surface area contributed by atoms with Crippen molar-refractivity contribution in [1.82, 2.24) is 10.2 Å². The molecule has 0 aromatic carbocycles. The molecule has 0 bridgehead atoms. The normalized spacial score (nSPS) is 27.5. The Hall–Kier alpha value is -0.120. The van der Waals surface area contributed by atoms with Gasteiger partial charge in [-0.3, -0.25) is 0 Å². The largest absolute Gasteiger partial charge is 0.396 e. The van der Waals surface area contributed by atoms with Crippen LogP contribution in [0.2, 0.25) is 0 Å². The van der Waals surface area contributed by atoms with Crippen LogP contribution in [0.15, 0.2) is 0 Å². The van der Waals surface area contributed by atoms with E-state index in [1.807, 2.05) is 0 Å². The zero-order valence-electron chi connectivity index (χ0n) is 11.7. The van der Waals surface area contributed by atoms with Crippen LogP contribution in [0.1, 0.15) is 51.4 Å². The Morgan fingerprint density at radius 2 is 1.89 bits per heavy atom. The zero-order chi connectivity index (χ0) is 12.6. The van der Waals surface area contributed by atoms with Crippen molar-refractivity contribution in [2.45, 2.75) is 57.4 Å². The second-order valence-corrected chi connectivity index (χ2v) is 6.13. The summed E-state index contributed by atoms with van der Waals surface area (Å²) in [6.45, 7) is 5.14. The molecule has 3 heteroatoms. The molecule has 0 amide bonds. The van der Waals surface area contributed by atoms with E-state index in [1.165, 1.54) is 64.6 Å². The predicted octanol–water partition coefficient (Wildman–Crippen LogP) is 2.00. The summed E-state index contributed by atoms with van der Waals surface area (Å²) in [7, 11) is 0. The summed E-state index contributed by atoms with van der Waals surface area (Å²) in [6, 6.07) is 0.661. The summed E-state index contributed by atoms with van der Waals surface area (Å²) < 4.78 is 0. The molecule has 1 saturated carbocycles. The molecule has 1 atom stereocenters. The van der Waals surface area contributed by atoms with E-state index >= 15 is 0 Å². The van der Waals surface area contributed by atoms with Crippen LogP contribution in [0.25, 0.3) is 0 Å². The van der Waals surface area contributed by atoms with Gasteiger partial charge in [-0.25, -0.2) is 0 Å². The molecule has 1 aliphatic carbocycles. The van der Waals surface area contributed by atoms with Gasteiger partial charge in [0, 0.05) is 25.7 Å². The standard InChI is InChI=1S/C15H30N2O/c18-11-5-9-16-15-8-4-10-17(13-15)12-14-6-2-1-3-7-14/h14-16,18H,1-13H2. The maximum Gasteiger partial charge on any atom is 0.0443 e. The van der Waals surface area contributed by atoms with Crippen LogP contribution in [0.5, 0.6) is 0 Å². The summed E-state index contributed by atoms with van der Waals surface area (Å²) >= 11 is 0. The van der Waals surface area contributed by atoms with Crippen molar-refractivity contribution in [3.63, 3.8) is 0 Å². The average molecular weight is 254 g/mol. The van der Waals surface area contributed by atoms with Gasteiger partial charge >= 0.3 is 0 Å². The molecule has 18 heavy (non-hydrogen) atoms. The van der Waals surface area contributed by atoms with E-state index in [1.54, 1.807) is 0 Å². The molecule has 1 unspecified atom stereocenters. The molecule has 3 nitrogen and oxygen atoms in total. The number of nitrogens with one attached hydrogen (secondary N) is 1. The number of likely N-dealkylation sites (tertiary alicyclic amines) is 1. The molecule has 2 N–H and O–H groups in total. The van der Waals surface area contributed by atoms with Crippen molar-refractivity contribution in [2.24, 2.45) is 5.92 Å². The van der Waals surface area contributed by atoms with Gasteiger partial charge in [0.05, 0.1) is 0 Å². The van der Waals surface area contributed by atoms with E-state index in [4.69, 9.17) is 5.11 Å². The maximum atomic E-state index is 8.81. The Labute approximate surface area is 112 Å². The Morgan fingerprint density at radius 1 is 1.06 bits per heavy atom. The Balaban J connectivity index is 1.65. The average Bonchev–Trinajstić information content (AvgIpc) is 2.41. The quantitative estimate of drug-likeness (QED) is 0.712. The second kappa shape index (κ2) is 8.13. The predicted molar refractivity (Wildman–Crippen MR) is 75.7 cm³/mol. The van der Waals surface area contributed by atoms with E-state index < -0.39 is 0 Å². The fourth-order valence-corrected chi connectivity index (χ4v) is 3.51. The molecule has 1 aliphatic heterocycles. The number of hydrogen-bond donors (Lipinski definition) is 2. The zero-order valence-corrected chi connectivity index (χ0v) is 11.7. The van der Waals surface area contributed by atoms with Crippen LogP contribution in [-0.2, 0) is 0 Å². The lowest BCUT2D eigenvalue weighted by Crippen LogP contribution is -2.47. The molecule has 2 fully saturated rings. The SMILES string of the molecule is OCCCNC1CCCN(CC2CCCCC2)C1. The highest BCUT2D eigenvalue weighted by Crippen LogP contribution is 2.25. The minimum atomic E-state index is 0.311. The van der Waals surface area contributed by atoms with Crippen molar-refractivity contribution in [1.29, 1.82) is 0 Å². The van der Waals surface area contributed by atoms with Crippen molar-refractivity contribution >= 4 is 0 Å². The van der Waals surface area contributed by atoms with Crippen LogP contribution in [-0.4, -0.2) is 48.8 Å². The van der Waals surface area contributed by atoms with E-state index in [9.17, 15) is 0 Å². The third-order valence-corrected chi connectivity index (χ3v) is 4.51. The highest BCUT2D eigenvalue weighted by molar-refractivity contribution is 4.80. The first-order valence-corrected chi connectivity index (χ1v) is 7.95. The van der Waals surface area contributed by atoms with Crippen LogP contribution in [0.3, 0.4) is 0 Å². The molecule has 1 saturated heterocycles. The lowest BCUT2D eigenvalue weighted by atomic mass is 9.88. The highest BCUT2D eigenvalue weighted by Gasteiger charge is 2.22. The van der Waals surface area contributed by atoms with Gasteiger partial charge in [-0.1, -0.05) is 19.3 Å². The van der Waals surface area contributed by atoms with Gasteiger partial charge in [-0.15, -0.1) is 0 Å². The van der Waals surface area contributed by atoms with Gasteiger partial charge in [-0.05, 0) is 51.1 Å². The van der Waals surface area contributed by atoms with Crippen LogP contribution >= 0.6 is 0 Å². The molecule has 0 aromatic rings. The highest BCUT2D eigenvalue weighted by atomic mass is 16.3. The number of aliphatic hydroxyl groups excluding tert-OH is 1. The van der Waals surface area contributed by atoms with E-state index in [0.717, 1.165) is 18.9 Å². The maximum absolute atomic E-state index is 8.81. The summed E-state index contributed by atoms with van der Waals surface area (Å²) in [5.74, 6) is 0.968. The van der Waals surface area contributed by atoms with Crippen LogP contribution in [0, 0.1) is 5.92 Å². The lowest BCUT2D eigenvalue weighted by Gasteiger charge is -2.36. The number of nitrogens with zero attached hydrogens (tertiary/aromatic N) is 1. The molecule has 0 spiro atoms. The molecular weight excluding hydrogens is 224 g/mol. The fourth-order valence-electron chi connectivity index (χ4n) is 3.51. The minimum absolute atomic E-state index is 0.311. The first-order chi connectivity index (χ1) is 8.88. The minimum Gasteiger partial charge on any atom is -0.396 e. The monoisotopic (exact) mass is 254 g/mol. The smallest absolute Gasteiger partial charge is 0.0443 e. The number of hydrogen-bond acceptors (Lipinski definition) is 3. The van der Waals surface area contributed by atoms with Gasteiger partial charge in [-0.2, -0.15) is 0 Å². The van der Waals surface area contributed by atoms with Gasteiger partial charge in [0.15, 0.2) is 0 Å². The molecule has 2 rings (SSSR count). The van der Waals surface area contributed by atoms with Crippen molar-refractivity contribution < 1.29 is 5.11 Å². The van der Waals surface area contributed by atoms with E-state index in [0.29, 0.717) is 12.6 Å².